The maximum Gasteiger partial charge on any atom is 0.122 e. The molecule has 0 amide bonds. The lowest BCUT2D eigenvalue weighted by atomic mass is 10.4. The van der Waals surface area contributed by atoms with E-state index in [0.29, 0.717) is 4.90 Å². The first kappa shape index (κ1) is 7.91. The van der Waals surface area contributed by atoms with Gasteiger partial charge in [-0.05, 0) is 24.3 Å². The first-order valence-electron chi connectivity index (χ1n) is 2.62. The van der Waals surface area contributed by atoms with Gasteiger partial charge in [-0.3, -0.25) is 0 Å². The van der Waals surface area contributed by atoms with Crippen LogP contribution in [0.15, 0.2) is 33.6 Å². The molecule has 0 aliphatic heterocycles. The van der Waals surface area contributed by atoms with Crippen molar-refractivity contribution in [3.63, 3.8) is 0 Å². The number of hydrogen-bond donors (Lipinski definition) is 1. The lowest BCUT2D eigenvalue weighted by molar-refractivity contribution is 0.684. The van der Waals surface area contributed by atoms with E-state index in [2.05, 4.69) is 15.9 Å². The maximum absolute atomic E-state index is 10.6. The molecule has 0 aliphatic rings. The average Bonchev–Trinajstić information content (AvgIpc) is 1.88. The molecule has 10 heavy (non-hydrogen) atoms. The van der Waals surface area contributed by atoms with Gasteiger partial charge in [-0.25, -0.2) is 9.35 Å². The molecule has 0 saturated carbocycles. The molecule has 4 heteroatoms. The van der Waals surface area contributed by atoms with E-state index in [4.69, 9.17) is 5.14 Å². The molecule has 1 aromatic rings. The second-order valence-electron chi connectivity index (χ2n) is 1.75. The third kappa shape index (κ3) is 1.90. The molecule has 0 bridgehead atoms. The summed E-state index contributed by atoms with van der Waals surface area (Å²) in [4.78, 5) is 0.642. The topological polar surface area (TPSA) is 43.1 Å². The van der Waals surface area contributed by atoms with Gasteiger partial charge >= 0.3 is 0 Å². The van der Waals surface area contributed by atoms with E-state index in [9.17, 15) is 4.21 Å². The van der Waals surface area contributed by atoms with E-state index in [1.807, 2.05) is 0 Å². The van der Waals surface area contributed by atoms with Crippen molar-refractivity contribution >= 4 is 26.9 Å². The van der Waals surface area contributed by atoms with Crippen molar-refractivity contribution in [3.8, 4) is 0 Å². The van der Waals surface area contributed by atoms with Crippen LogP contribution in [0.1, 0.15) is 0 Å². The Bertz CT molecular complexity index is 246. The number of hydrogen-bond acceptors (Lipinski definition) is 1. The van der Waals surface area contributed by atoms with Gasteiger partial charge in [0.15, 0.2) is 0 Å². The van der Waals surface area contributed by atoms with Crippen molar-refractivity contribution in [3.05, 3.63) is 28.7 Å². The first-order valence-corrected chi connectivity index (χ1v) is 4.62. The SMILES string of the molecule is N[S@](=O)c1ccc(Br)cc1. The van der Waals surface area contributed by atoms with Gasteiger partial charge in [-0.1, -0.05) is 15.9 Å². The fourth-order valence-electron chi connectivity index (χ4n) is 0.569. The molecule has 0 saturated heterocycles. The summed E-state index contributed by atoms with van der Waals surface area (Å²) >= 11 is 3.25. The van der Waals surface area contributed by atoms with Crippen LogP contribution in [0.25, 0.3) is 0 Å². The zero-order valence-corrected chi connectivity index (χ0v) is 7.48. The Labute approximate surface area is 70.1 Å². The minimum atomic E-state index is -1.36. The molecule has 1 rings (SSSR count). The lowest BCUT2D eigenvalue weighted by Gasteiger charge is -1.93. The first-order chi connectivity index (χ1) is 4.70. The summed E-state index contributed by atoms with van der Waals surface area (Å²) < 4.78 is 11.6. The molecule has 0 aromatic heterocycles. The second kappa shape index (κ2) is 3.27. The Kier molecular flexibility index (Phi) is 2.59. The van der Waals surface area contributed by atoms with Crippen molar-refractivity contribution in [2.45, 2.75) is 4.90 Å². The predicted octanol–water partition coefficient (Wildman–Crippen LogP) is 1.43. The van der Waals surface area contributed by atoms with Gasteiger partial charge in [0, 0.05) is 4.47 Å². The minimum Gasteiger partial charge on any atom is -0.248 e. The Morgan fingerprint density at radius 3 is 2.20 bits per heavy atom. The van der Waals surface area contributed by atoms with E-state index < -0.39 is 11.0 Å². The summed E-state index contributed by atoms with van der Waals surface area (Å²) in [6.07, 6.45) is 0. The van der Waals surface area contributed by atoms with Crippen LogP contribution < -0.4 is 5.14 Å². The Balaban J connectivity index is 3.00. The van der Waals surface area contributed by atoms with Crippen LogP contribution in [-0.4, -0.2) is 4.21 Å². The van der Waals surface area contributed by atoms with Crippen LogP contribution in [-0.2, 0) is 11.0 Å². The highest BCUT2D eigenvalue weighted by Gasteiger charge is 1.94. The van der Waals surface area contributed by atoms with Gasteiger partial charge in [0.1, 0.15) is 11.0 Å². The van der Waals surface area contributed by atoms with Crippen molar-refractivity contribution in [2.24, 2.45) is 5.14 Å². The van der Waals surface area contributed by atoms with Gasteiger partial charge in [0.25, 0.3) is 0 Å². The largest absolute Gasteiger partial charge is 0.248 e. The Morgan fingerprint density at radius 1 is 1.30 bits per heavy atom. The molecule has 0 aliphatic carbocycles. The van der Waals surface area contributed by atoms with E-state index in [1.165, 1.54) is 0 Å². The number of rotatable bonds is 1. The monoisotopic (exact) mass is 219 g/mol. The Hall–Kier alpha value is -0.190. The minimum absolute atomic E-state index is 0.642. The van der Waals surface area contributed by atoms with Crippen LogP contribution in [0, 0.1) is 0 Å². The molecule has 2 N–H and O–H groups in total. The van der Waals surface area contributed by atoms with Gasteiger partial charge in [0.05, 0.1) is 4.90 Å². The average molecular weight is 220 g/mol. The van der Waals surface area contributed by atoms with E-state index >= 15 is 0 Å². The van der Waals surface area contributed by atoms with E-state index in [1.54, 1.807) is 24.3 Å². The van der Waals surface area contributed by atoms with Gasteiger partial charge in [-0.15, -0.1) is 0 Å². The fourth-order valence-corrected chi connectivity index (χ4v) is 1.24. The van der Waals surface area contributed by atoms with Crippen LogP contribution in [0.4, 0.5) is 0 Å². The van der Waals surface area contributed by atoms with Crippen molar-refractivity contribution < 1.29 is 4.21 Å². The van der Waals surface area contributed by atoms with Gasteiger partial charge in [-0.2, -0.15) is 0 Å². The van der Waals surface area contributed by atoms with Crippen LogP contribution in [0.2, 0.25) is 0 Å². The second-order valence-corrected chi connectivity index (χ2v) is 3.73. The molecular formula is C6H6BrNOS. The normalized spacial score (nSPS) is 13.0. The molecule has 54 valence electrons. The summed E-state index contributed by atoms with van der Waals surface area (Å²) in [7, 11) is -1.36. The summed E-state index contributed by atoms with van der Waals surface area (Å²) in [5.74, 6) is 0. The Morgan fingerprint density at radius 2 is 1.80 bits per heavy atom. The van der Waals surface area contributed by atoms with Crippen molar-refractivity contribution in [1.82, 2.24) is 0 Å². The van der Waals surface area contributed by atoms with Gasteiger partial charge in [0.2, 0.25) is 0 Å². The highest BCUT2D eigenvalue weighted by atomic mass is 79.9. The summed E-state index contributed by atoms with van der Waals surface area (Å²) in [6, 6.07) is 7.06. The highest BCUT2D eigenvalue weighted by molar-refractivity contribution is 9.10. The lowest BCUT2D eigenvalue weighted by Crippen LogP contribution is -2.01. The third-order valence-corrected chi connectivity index (χ3v) is 2.31. The zero-order chi connectivity index (χ0) is 7.56. The molecule has 0 fully saturated rings. The van der Waals surface area contributed by atoms with Crippen LogP contribution in [0.5, 0.6) is 0 Å². The molecule has 1 aromatic carbocycles. The quantitative estimate of drug-likeness (QED) is 0.764. The number of halogens is 1. The third-order valence-electron chi connectivity index (χ3n) is 1.05. The van der Waals surface area contributed by atoms with E-state index in [0.717, 1.165) is 4.47 Å². The van der Waals surface area contributed by atoms with E-state index in [-0.39, 0.29) is 0 Å². The van der Waals surface area contributed by atoms with Crippen molar-refractivity contribution in [2.75, 3.05) is 0 Å². The maximum atomic E-state index is 10.6. The molecule has 1 atom stereocenters. The number of benzene rings is 1. The molecule has 0 unspecified atom stereocenters. The molecule has 0 spiro atoms. The smallest absolute Gasteiger partial charge is 0.122 e. The fraction of sp³-hybridized carbons (Fsp3) is 0. The summed E-state index contributed by atoms with van der Waals surface area (Å²) in [6.45, 7) is 0. The molecular weight excluding hydrogens is 214 g/mol. The molecule has 2 nitrogen and oxygen atoms in total. The van der Waals surface area contributed by atoms with Gasteiger partial charge < -0.3 is 0 Å². The predicted molar refractivity (Wildman–Crippen MR) is 44.7 cm³/mol. The molecule has 0 heterocycles. The highest BCUT2D eigenvalue weighted by Crippen LogP contribution is 2.11. The standard InChI is InChI=1S/C6H6BrNOS/c7-5-1-3-6(4-2-5)10(8)9/h1-4H,8H2/t10-/m1/s1. The summed E-state index contributed by atoms with van der Waals surface area (Å²) in [5, 5.41) is 5.12. The number of nitrogens with two attached hydrogens (primary N) is 1. The van der Waals surface area contributed by atoms with Crippen LogP contribution in [0.3, 0.4) is 0 Å². The van der Waals surface area contributed by atoms with Crippen LogP contribution >= 0.6 is 15.9 Å². The summed E-state index contributed by atoms with van der Waals surface area (Å²) in [5.41, 5.74) is 0. The molecule has 0 radical (unpaired) electrons. The van der Waals surface area contributed by atoms with Crippen molar-refractivity contribution in [1.29, 1.82) is 0 Å². The zero-order valence-electron chi connectivity index (χ0n) is 5.08.